The Labute approximate surface area is 228 Å². The highest BCUT2D eigenvalue weighted by Crippen LogP contribution is 2.48. The molecule has 0 saturated heterocycles. The van der Waals surface area contributed by atoms with Crippen LogP contribution in [0.1, 0.15) is 36.5 Å². The minimum atomic E-state index is 0.142. The molecular formula is C35H29N3O. The second-order valence-corrected chi connectivity index (χ2v) is 10.1. The lowest BCUT2D eigenvalue weighted by Gasteiger charge is -2.22. The molecule has 0 bridgehead atoms. The maximum atomic E-state index is 6.30. The van der Waals surface area contributed by atoms with Crippen LogP contribution in [0.3, 0.4) is 0 Å². The van der Waals surface area contributed by atoms with Crippen molar-refractivity contribution < 1.29 is 4.74 Å². The SMILES string of the molecule is CC(/C=C\C=C/N)c1nc2c(n1-c1ccc(-c3ccc4c5c(cccc35)-c3ccccc3O4)cc1)C=CCC2. The Morgan fingerprint density at radius 2 is 1.72 bits per heavy atom. The summed E-state index contributed by atoms with van der Waals surface area (Å²) in [6, 6.07) is 27.9. The van der Waals surface area contributed by atoms with E-state index >= 15 is 0 Å². The molecule has 39 heavy (non-hydrogen) atoms. The monoisotopic (exact) mass is 507 g/mol. The van der Waals surface area contributed by atoms with E-state index in [1.807, 2.05) is 24.3 Å². The predicted molar refractivity (Wildman–Crippen MR) is 160 cm³/mol. The topological polar surface area (TPSA) is 53.1 Å². The number of fused-ring (bicyclic) bond motifs is 3. The van der Waals surface area contributed by atoms with Crippen molar-refractivity contribution in [2.45, 2.75) is 25.7 Å². The number of aromatic nitrogens is 2. The molecule has 4 aromatic carbocycles. The summed E-state index contributed by atoms with van der Waals surface area (Å²) in [4.78, 5) is 5.07. The smallest absolute Gasteiger partial charge is 0.135 e. The van der Waals surface area contributed by atoms with Crippen LogP contribution in [0, 0.1) is 0 Å². The van der Waals surface area contributed by atoms with Crippen molar-refractivity contribution in [1.82, 2.24) is 9.55 Å². The third kappa shape index (κ3) is 3.88. The van der Waals surface area contributed by atoms with Gasteiger partial charge in [-0.1, -0.05) is 79.7 Å². The van der Waals surface area contributed by atoms with Crippen LogP contribution in [0.25, 0.3) is 44.8 Å². The average molecular weight is 508 g/mol. The molecular weight excluding hydrogens is 478 g/mol. The molecule has 4 nitrogen and oxygen atoms in total. The number of rotatable bonds is 5. The summed E-state index contributed by atoms with van der Waals surface area (Å²) >= 11 is 0. The van der Waals surface area contributed by atoms with Crippen LogP contribution in [0.2, 0.25) is 0 Å². The van der Waals surface area contributed by atoms with Gasteiger partial charge in [0.05, 0.1) is 11.4 Å². The zero-order chi connectivity index (χ0) is 26.3. The van der Waals surface area contributed by atoms with Gasteiger partial charge in [0.15, 0.2) is 0 Å². The largest absolute Gasteiger partial charge is 0.456 e. The molecule has 7 rings (SSSR count). The van der Waals surface area contributed by atoms with E-state index in [4.69, 9.17) is 15.5 Å². The van der Waals surface area contributed by atoms with Gasteiger partial charge in [-0.2, -0.15) is 0 Å². The molecule has 190 valence electrons. The fourth-order valence-electron chi connectivity index (χ4n) is 5.85. The number of benzene rings is 4. The van der Waals surface area contributed by atoms with Gasteiger partial charge in [0.25, 0.3) is 0 Å². The van der Waals surface area contributed by atoms with Crippen molar-refractivity contribution >= 4 is 16.8 Å². The van der Waals surface area contributed by atoms with Crippen molar-refractivity contribution in [2.75, 3.05) is 0 Å². The summed E-state index contributed by atoms with van der Waals surface area (Å²) in [5.74, 6) is 3.00. The van der Waals surface area contributed by atoms with Crippen LogP contribution in [-0.2, 0) is 6.42 Å². The molecule has 1 aromatic heterocycles. The van der Waals surface area contributed by atoms with E-state index < -0.39 is 0 Å². The summed E-state index contributed by atoms with van der Waals surface area (Å²) in [5.41, 5.74) is 13.7. The summed E-state index contributed by atoms with van der Waals surface area (Å²) in [6.45, 7) is 2.18. The molecule has 4 heteroatoms. The highest BCUT2D eigenvalue weighted by atomic mass is 16.5. The molecule has 2 aliphatic rings. The summed E-state index contributed by atoms with van der Waals surface area (Å²) < 4.78 is 8.60. The number of hydrogen-bond acceptors (Lipinski definition) is 3. The Hall–Kier alpha value is -4.83. The fourth-order valence-corrected chi connectivity index (χ4v) is 5.85. The Morgan fingerprint density at radius 3 is 2.59 bits per heavy atom. The maximum Gasteiger partial charge on any atom is 0.135 e. The van der Waals surface area contributed by atoms with E-state index in [0.29, 0.717) is 0 Å². The second kappa shape index (κ2) is 9.48. The summed E-state index contributed by atoms with van der Waals surface area (Å²) in [5, 5.41) is 2.36. The minimum absolute atomic E-state index is 0.142. The summed E-state index contributed by atoms with van der Waals surface area (Å²) in [7, 11) is 0. The van der Waals surface area contributed by atoms with Gasteiger partial charge < -0.3 is 10.5 Å². The van der Waals surface area contributed by atoms with Gasteiger partial charge in [0, 0.05) is 22.6 Å². The van der Waals surface area contributed by atoms with Gasteiger partial charge in [0.2, 0.25) is 0 Å². The van der Waals surface area contributed by atoms with Crippen molar-refractivity contribution in [3.63, 3.8) is 0 Å². The zero-order valence-electron chi connectivity index (χ0n) is 21.8. The van der Waals surface area contributed by atoms with Gasteiger partial charge in [-0.05, 0) is 77.5 Å². The Balaban J connectivity index is 1.32. The van der Waals surface area contributed by atoms with Crippen molar-refractivity contribution in [1.29, 1.82) is 0 Å². The number of allylic oxidation sites excluding steroid dienone is 4. The van der Waals surface area contributed by atoms with E-state index in [1.54, 1.807) is 6.20 Å². The van der Waals surface area contributed by atoms with Crippen molar-refractivity contribution in [3.8, 4) is 39.4 Å². The first kappa shape index (κ1) is 23.3. The molecule has 1 atom stereocenters. The van der Waals surface area contributed by atoms with E-state index in [2.05, 4.69) is 96.4 Å². The lowest BCUT2D eigenvalue weighted by Crippen LogP contribution is -2.06. The Morgan fingerprint density at radius 1 is 0.872 bits per heavy atom. The highest BCUT2D eigenvalue weighted by molar-refractivity contribution is 6.09. The molecule has 0 saturated carbocycles. The third-order valence-corrected chi connectivity index (χ3v) is 7.70. The van der Waals surface area contributed by atoms with Gasteiger partial charge >= 0.3 is 0 Å². The van der Waals surface area contributed by atoms with Gasteiger partial charge in [-0.3, -0.25) is 4.57 Å². The van der Waals surface area contributed by atoms with E-state index in [0.717, 1.165) is 47.1 Å². The Bertz CT molecular complexity index is 1800. The predicted octanol–water partition coefficient (Wildman–Crippen LogP) is 8.56. The molecule has 1 aliphatic carbocycles. The first-order chi connectivity index (χ1) is 19.2. The van der Waals surface area contributed by atoms with Crippen LogP contribution in [0.4, 0.5) is 0 Å². The molecule has 2 N–H and O–H groups in total. The standard InChI is InChI=1S/C35H29N3O/c1-23(9-6-7-22-36)35-37-30-13-3-4-14-31(30)38(35)25-18-16-24(17-19-25)26-20-21-33-34-28(26)11-8-12-29(34)27-10-2-5-15-32(27)39-33/h2,4-12,14-23H,3,13,36H2,1H3/b9-6-,22-7-. The minimum Gasteiger partial charge on any atom is -0.456 e. The molecule has 1 unspecified atom stereocenters. The number of aryl methyl sites for hydroxylation is 1. The first-order valence-corrected chi connectivity index (χ1v) is 13.5. The molecule has 0 amide bonds. The van der Waals surface area contributed by atoms with Crippen LogP contribution >= 0.6 is 0 Å². The summed E-state index contributed by atoms with van der Waals surface area (Å²) in [6.07, 6.45) is 14.0. The lowest BCUT2D eigenvalue weighted by molar-refractivity contribution is 0.487. The van der Waals surface area contributed by atoms with Crippen LogP contribution in [0.15, 0.2) is 109 Å². The molecule has 2 heterocycles. The van der Waals surface area contributed by atoms with E-state index in [-0.39, 0.29) is 5.92 Å². The first-order valence-electron chi connectivity index (χ1n) is 13.5. The Kier molecular flexibility index (Phi) is 5.66. The molecule has 0 fully saturated rings. The zero-order valence-corrected chi connectivity index (χ0v) is 21.8. The van der Waals surface area contributed by atoms with Crippen molar-refractivity contribution in [2.24, 2.45) is 5.73 Å². The number of ether oxygens (including phenoxy) is 1. The molecule has 1 aliphatic heterocycles. The average Bonchev–Trinajstić information content (AvgIpc) is 3.38. The van der Waals surface area contributed by atoms with Crippen LogP contribution < -0.4 is 10.5 Å². The van der Waals surface area contributed by atoms with E-state index in [9.17, 15) is 0 Å². The van der Waals surface area contributed by atoms with Gasteiger partial charge in [-0.15, -0.1) is 0 Å². The van der Waals surface area contributed by atoms with Gasteiger partial charge in [-0.25, -0.2) is 4.98 Å². The number of nitrogens with zero attached hydrogens (tertiary/aromatic N) is 2. The van der Waals surface area contributed by atoms with Crippen LogP contribution in [-0.4, -0.2) is 9.55 Å². The van der Waals surface area contributed by atoms with E-state index in [1.165, 1.54) is 33.2 Å². The highest BCUT2D eigenvalue weighted by Gasteiger charge is 2.23. The van der Waals surface area contributed by atoms with Gasteiger partial charge in [0.1, 0.15) is 17.3 Å². The maximum absolute atomic E-state index is 6.30. The third-order valence-electron chi connectivity index (χ3n) is 7.70. The number of nitrogens with two attached hydrogens (primary N) is 1. The van der Waals surface area contributed by atoms with Crippen LogP contribution in [0.5, 0.6) is 11.5 Å². The quantitative estimate of drug-likeness (QED) is 0.238. The number of para-hydroxylation sites is 1. The number of imidazole rings is 1. The molecule has 5 aromatic rings. The normalized spacial score (nSPS) is 14.5. The van der Waals surface area contributed by atoms with Crippen molar-refractivity contribution in [3.05, 3.63) is 127 Å². The molecule has 0 spiro atoms. The fraction of sp³-hybridized carbons (Fsp3) is 0.114. The second-order valence-electron chi connectivity index (χ2n) is 10.1. The number of hydrogen-bond donors (Lipinski definition) is 1. The molecule has 0 radical (unpaired) electrons. The lowest BCUT2D eigenvalue weighted by atomic mass is 9.90.